The zero-order valence-corrected chi connectivity index (χ0v) is 15.1. The number of unbranched alkanes of at least 4 members (excludes halogenated alkanes) is 1. The molecule has 21 heavy (non-hydrogen) atoms. The highest BCUT2D eigenvalue weighted by atomic mass is 14.2. The van der Waals surface area contributed by atoms with E-state index in [0.29, 0.717) is 0 Å². The summed E-state index contributed by atoms with van der Waals surface area (Å²) in [6.45, 7) is 11.3. The summed E-state index contributed by atoms with van der Waals surface area (Å²) in [5, 5.41) is 0. The first-order valence-electron chi connectivity index (χ1n) is 9.36. The molecular weight excluding hydrogens is 252 g/mol. The third-order valence-electron chi connectivity index (χ3n) is 4.90. The van der Waals surface area contributed by atoms with Gasteiger partial charge in [-0.3, -0.25) is 0 Å². The number of hydrogen-bond acceptors (Lipinski definition) is 0. The molecule has 1 aromatic rings. The van der Waals surface area contributed by atoms with Crippen LogP contribution < -0.4 is 0 Å². The molecule has 0 N–H and O–H groups in total. The highest BCUT2D eigenvalue weighted by molar-refractivity contribution is 5.41. The second kappa shape index (κ2) is 10.0. The molecule has 0 aromatic heterocycles. The molecule has 1 fully saturated rings. The lowest BCUT2D eigenvalue weighted by molar-refractivity contribution is 0.718. The Hall–Kier alpha value is -0.780. The van der Waals surface area contributed by atoms with Crippen LogP contribution in [0.25, 0.3) is 0 Å². The maximum atomic E-state index is 2.51. The van der Waals surface area contributed by atoms with Crippen LogP contribution in [-0.2, 0) is 19.3 Å². The second-order valence-electron chi connectivity index (χ2n) is 6.36. The molecule has 1 aromatic carbocycles. The van der Waals surface area contributed by atoms with Crippen LogP contribution in [-0.4, -0.2) is 0 Å². The van der Waals surface area contributed by atoms with Gasteiger partial charge < -0.3 is 0 Å². The minimum Gasteiger partial charge on any atom is -0.0654 e. The normalized spacial score (nSPS) is 14.9. The first-order valence-corrected chi connectivity index (χ1v) is 9.36. The fraction of sp³-hybridized carbons (Fsp3) is 0.714. The number of hydrogen-bond donors (Lipinski definition) is 0. The minimum atomic E-state index is 0.858. The Kier molecular flexibility index (Phi) is 8.73. The van der Waals surface area contributed by atoms with Crippen LogP contribution >= 0.6 is 0 Å². The Morgan fingerprint density at radius 1 is 0.762 bits per heavy atom. The Morgan fingerprint density at radius 2 is 1.24 bits per heavy atom. The summed E-state index contributed by atoms with van der Waals surface area (Å²) >= 11 is 0. The lowest BCUT2D eigenvalue weighted by Gasteiger charge is -2.18. The summed E-state index contributed by atoms with van der Waals surface area (Å²) in [6, 6.07) is 5.02. The average molecular weight is 289 g/mol. The van der Waals surface area contributed by atoms with Crippen LogP contribution in [0.1, 0.15) is 101 Å². The van der Waals surface area contributed by atoms with Crippen molar-refractivity contribution in [3.05, 3.63) is 34.4 Å². The van der Waals surface area contributed by atoms with E-state index in [0.717, 1.165) is 5.92 Å². The largest absolute Gasteiger partial charge is 0.0654 e. The van der Waals surface area contributed by atoms with Crippen molar-refractivity contribution in [3.8, 4) is 0 Å². The molecule has 1 aliphatic carbocycles. The van der Waals surface area contributed by atoms with Gasteiger partial charge in [0, 0.05) is 0 Å². The summed E-state index contributed by atoms with van der Waals surface area (Å²) < 4.78 is 0. The minimum absolute atomic E-state index is 0.858. The standard InChI is InChI=1S/C17H26.C4H10/c1-4-13-11-16(15-9-7-8-10-15)12-14(5-2)17(13)6-3;1-3-4-2/h11-12,15H,4-10H2,1-3H3;3-4H2,1-2H3. The van der Waals surface area contributed by atoms with Gasteiger partial charge in [0.25, 0.3) is 0 Å². The van der Waals surface area contributed by atoms with E-state index in [4.69, 9.17) is 0 Å². The van der Waals surface area contributed by atoms with Crippen LogP contribution in [0.3, 0.4) is 0 Å². The lowest BCUT2D eigenvalue weighted by atomic mass is 9.88. The molecular formula is C21H36. The summed E-state index contributed by atoms with van der Waals surface area (Å²) in [5.74, 6) is 0.858. The third-order valence-corrected chi connectivity index (χ3v) is 4.90. The van der Waals surface area contributed by atoms with E-state index < -0.39 is 0 Å². The van der Waals surface area contributed by atoms with E-state index in [1.807, 2.05) is 0 Å². The van der Waals surface area contributed by atoms with E-state index in [1.54, 1.807) is 22.3 Å². The molecule has 2 rings (SSSR count). The second-order valence-corrected chi connectivity index (χ2v) is 6.36. The molecule has 0 spiro atoms. The van der Waals surface area contributed by atoms with Crippen LogP contribution in [0.4, 0.5) is 0 Å². The van der Waals surface area contributed by atoms with Crippen molar-refractivity contribution in [3.63, 3.8) is 0 Å². The Morgan fingerprint density at radius 3 is 1.57 bits per heavy atom. The van der Waals surface area contributed by atoms with E-state index in [1.165, 1.54) is 57.8 Å². The van der Waals surface area contributed by atoms with E-state index in [2.05, 4.69) is 46.8 Å². The SMILES string of the molecule is CCCC.CCc1cc(C2CCCC2)cc(CC)c1CC. The van der Waals surface area contributed by atoms with Gasteiger partial charge >= 0.3 is 0 Å². The van der Waals surface area contributed by atoms with E-state index in [-0.39, 0.29) is 0 Å². The molecule has 0 aliphatic heterocycles. The monoisotopic (exact) mass is 288 g/mol. The lowest BCUT2D eigenvalue weighted by Crippen LogP contribution is -2.02. The summed E-state index contributed by atoms with van der Waals surface area (Å²) in [6.07, 6.45) is 11.9. The van der Waals surface area contributed by atoms with Crippen molar-refractivity contribution in [1.82, 2.24) is 0 Å². The van der Waals surface area contributed by atoms with E-state index in [9.17, 15) is 0 Å². The molecule has 0 heterocycles. The topological polar surface area (TPSA) is 0 Å². The first kappa shape index (κ1) is 18.3. The zero-order chi connectivity index (χ0) is 15.7. The molecule has 0 nitrogen and oxygen atoms in total. The molecule has 120 valence electrons. The molecule has 1 saturated carbocycles. The fourth-order valence-electron chi connectivity index (χ4n) is 3.40. The molecule has 0 radical (unpaired) electrons. The Balaban J connectivity index is 0.000000491. The average Bonchev–Trinajstić information content (AvgIpc) is 3.08. The van der Waals surface area contributed by atoms with Gasteiger partial charge in [0.05, 0.1) is 0 Å². The smallest absolute Gasteiger partial charge is 0.0162 e. The number of rotatable bonds is 5. The third kappa shape index (κ3) is 5.16. The Bertz CT molecular complexity index is 369. The quantitative estimate of drug-likeness (QED) is 0.556. The predicted molar refractivity (Wildman–Crippen MR) is 96.4 cm³/mol. The molecule has 0 amide bonds. The highest BCUT2D eigenvalue weighted by Gasteiger charge is 2.19. The van der Waals surface area contributed by atoms with Gasteiger partial charge in [-0.05, 0) is 60.3 Å². The number of benzene rings is 1. The summed E-state index contributed by atoms with van der Waals surface area (Å²) in [4.78, 5) is 0. The van der Waals surface area contributed by atoms with Gasteiger partial charge in [-0.2, -0.15) is 0 Å². The van der Waals surface area contributed by atoms with Crippen LogP contribution in [0.5, 0.6) is 0 Å². The van der Waals surface area contributed by atoms with Gasteiger partial charge in [-0.1, -0.05) is 72.4 Å². The van der Waals surface area contributed by atoms with Crippen LogP contribution in [0.15, 0.2) is 12.1 Å². The molecule has 1 aliphatic rings. The van der Waals surface area contributed by atoms with Crippen LogP contribution in [0, 0.1) is 0 Å². The first-order chi connectivity index (χ1) is 10.2. The molecule has 0 bridgehead atoms. The maximum absolute atomic E-state index is 2.51. The number of aryl methyl sites for hydroxylation is 2. The van der Waals surface area contributed by atoms with Crippen molar-refractivity contribution in [2.75, 3.05) is 0 Å². The van der Waals surface area contributed by atoms with Gasteiger partial charge in [-0.15, -0.1) is 0 Å². The Labute approximate surface area is 133 Å². The predicted octanol–water partition coefficient (Wildman–Crippen LogP) is 6.84. The highest BCUT2D eigenvalue weighted by Crippen LogP contribution is 2.36. The van der Waals surface area contributed by atoms with Crippen molar-refractivity contribution in [2.24, 2.45) is 0 Å². The fourth-order valence-corrected chi connectivity index (χ4v) is 3.40. The summed E-state index contributed by atoms with van der Waals surface area (Å²) in [5.41, 5.74) is 6.47. The molecule has 0 saturated heterocycles. The van der Waals surface area contributed by atoms with Crippen molar-refractivity contribution in [2.45, 2.75) is 98.3 Å². The van der Waals surface area contributed by atoms with Crippen molar-refractivity contribution >= 4 is 0 Å². The van der Waals surface area contributed by atoms with E-state index >= 15 is 0 Å². The zero-order valence-electron chi connectivity index (χ0n) is 15.1. The van der Waals surface area contributed by atoms with Gasteiger partial charge in [0.2, 0.25) is 0 Å². The van der Waals surface area contributed by atoms with Crippen molar-refractivity contribution < 1.29 is 0 Å². The van der Waals surface area contributed by atoms with Gasteiger partial charge in [0.1, 0.15) is 0 Å². The molecule has 0 atom stereocenters. The molecule has 0 unspecified atom stereocenters. The van der Waals surface area contributed by atoms with Crippen molar-refractivity contribution in [1.29, 1.82) is 0 Å². The van der Waals surface area contributed by atoms with Gasteiger partial charge in [0.15, 0.2) is 0 Å². The van der Waals surface area contributed by atoms with Crippen LogP contribution in [0.2, 0.25) is 0 Å². The maximum Gasteiger partial charge on any atom is -0.0162 e. The summed E-state index contributed by atoms with van der Waals surface area (Å²) in [7, 11) is 0. The molecule has 0 heteroatoms. The van der Waals surface area contributed by atoms with Gasteiger partial charge in [-0.25, -0.2) is 0 Å².